The zero-order valence-corrected chi connectivity index (χ0v) is 18.7. The van der Waals surface area contributed by atoms with Crippen LogP contribution in [0.1, 0.15) is 18.1 Å². The van der Waals surface area contributed by atoms with Gasteiger partial charge >= 0.3 is 0 Å². The highest BCUT2D eigenvalue weighted by atomic mass is 127. The Hall–Kier alpha value is -2.24. The average molecular weight is 511 g/mol. The summed E-state index contributed by atoms with van der Waals surface area (Å²) in [5, 5.41) is 9.62. The van der Waals surface area contributed by atoms with E-state index >= 15 is 0 Å². The van der Waals surface area contributed by atoms with Gasteiger partial charge in [0.15, 0.2) is 11.5 Å². The molecular formula is C21H20ClIN2O3. The number of carbonyl (C=O) groups is 1. The van der Waals surface area contributed by atoms with Crippen LogP contribution in [0.25, 0.3) is 6.08 Å². The van der Waals surface area contributed by atoms with Crippen molar-refractivity contribution in [1.29, 1.82) is 5.26 Å². The Morgan fingerprint density at radius 3 is 2.50 bits per heavy atom. The van der Waals surface area contributed by atoms with Crippen LogP contribution in [-0.2, 0) is 11.4 Å². The smallest absolute Gasteiger partial charge is 0.264 e. The molecule has 2 aromatic carbocycles. The Labute approximate surface area is 183 Å². The molecule has 0 saturated heterocycles. The number of benzene rings is 2. The van der Waals surface area contributed by atoms with Gasteiger partial charge in [-0.05, 0) is 71.0 Å². The second-order valence-corrected chi connectivity index (χ2v) is 7.70. The van der Waals surface area contributed by atoms with Crippen LogP contribution in [0.5, 0.6) is 11.5 Å². The molecule has 1 amide bonds. The molecule has 0 spiro atoms. The fraction of sp³-hybridized carbons (Fsp3) is 0.238. The van der Waals surface area contributed by atoms with E-state index in [0.717, 1.165) is 9.13 Å². The Morgan fingerprint density at radius 1 is 1.25 bits per heavy atom. The van der Waals surface area contributed by atoms with E-state index in [1.165, 1.54) is 11.0 Å². The van der Waals surface area contributed by atoms with Gasteiger partial charge in [-0.1, -0.05) is 23.7 Å². The number of nitriles is 1. The summed E-state index contributed by atoms with van der Waals surface area (Å²) in [5.74, 6) is 0.508. The number of hydrogen-bond donors (Lipinski definition) is 0. The lowest BCUT2D eigenvalue weighted by Crippen LogP contribution is -2.22. The van der Waals surface area contributed by atoms with Crippen molar-refractivity contribution in [2.45, 2.75) is 13.5 Å². The van der Waals surface area contributed by atoms with Crippen LogP contribution in [0.2, 0.25) is 5.02 Å². The summed E-state index contributed by atoms with van der Waals surface area (Å²) in [4.78, 5) is 13.4. The fourth-order valence-electron chi connectivity index (χ4n) is 2.36. The molecule has 0 unspecified atom stereocenters. The van der Waals surface area contributed by atoms with Gasteiger partial charge in [0.25, 0.3) is 5.91 Å². The van der Waals surface area contributed by atoms with E-state index in [-0.39, 0.29) is 11.5 Å². The monoisotopic (exact) mass is 510 g/mol. The third-order valence-corrected chi connectivity index (χ3v) is 4.70. The van der Waals surface area contributed by atoms with Gasteiger partial charge in [-0.15, -0.1) is 0 Å². The van der Waals surface area contributed by atoms with Crippen molar-refractivity contribution in [1.82, 2.24) is 4.90 Å². The number of rotatable bonds is 7. The van der Waals surface area contributed by atoms with Crippen molar-refractivity contribution in [3.05, 3.63) is 61.7 Å². The molecule has 0 N–H and O–H groups in total. The number of nitrogens with zero attached hydrogens (tertiary/aromatic N) is 2. The third kappa shape index (κ3) is 5.88. The molecule has 5 nitrogen and oxygen atoms in total. The summed E-state index contributed by atoms with van der Waals surface area (Å²) in [5.41, 5.74) is 1.60. The minimum Gasteiger partial charge on any atom is -0.490 e. The molecule has 146 valence electrons. The lowest BCUT2D eigenvalue weighted by atomic mass is 10.1. The van der Waals surface area contributed by atoms with E-state index in [2.05, 4.69) is 22.6 Å². The van der Waals surface area contributed by atoms with Crippen LogP contribution in [-0.4, -0.2) is 31.5 Å². The zero-order chi connectivity index (χ0) is 20.7. The van der Waals surface area contributed by atoms with E-state index in [4.69, 9.17) is 21.1 Å². The number of amides is 1. The van der Waals surface area contributed by atoms with Crippen LogP contribution >= 0.6 is 34.2 Å². The van der Waals surface area contributed by atoms with Gasteiger partial charge in [0, 0.05) is 17.7 Å². The van der Waals surface area contributed by atoms with Gasteiger partial charge < -0.3 is 14.4 Å². The minimum absolute atomic E-state index is 0.0103. The second-order valence-electron chi connectivity index (χ2n) is 6.05. The molecule has 0 radical (unpaired) electrons. The Morgan fingerprint density at radius 2 is 1.93 bits per heavy atom. The third-order valence-electron chi connectivity index (χ3n) is 3.70. The van der Waals surface area contributed by atoms with Crippen LogP contribution in [0.15, 0.2) is 42.0 Å². The predicted molar refractivity (Wildman–Crippen MR) is 118 cm³/mol. The Bertz CT molecular complexity index is 918. The molecule has 2 aromatic rings. The predicted octanol–water partition coefficient (Wildman–Crippen LogP) is 4.92. The SMILES string of the molecule is CCOc1cc(/C=C(/C#N)C(=O)N(C)C)cc(Cl)c1OCc1ccc(I)cc1. The van der Waals surface area contributed by atoms with E-state index in [0.29, 0.717) is 35.3 Å². The molecule has 0 fully saturated rings. The second kappa shape index (κ2) is 10.3. The highest BCUT2D eigenvalue weighted by molar-refractivity contribution is 14.1. The number of carbonyl (C=O) groups excluding carboxylic acids is 1. The highest BCUT2D eigenvalue weighted by Gasteiger charge is 2.15. The number of hydrogen-bond acceptors (Lipinski definition) is 4. The van der Waals surface area contributed by atoms with Gasteiger partial charge in [0.1, 0.15) is 18.2 Å². The fourth-order valence-corrected chi connectivity index (χ4v) is 2.99. The van der Waals surface area contributed by atoms with Crippen LogP contribution in [0.4, 0.5) is 0 Å². The molecule has 2 rings (SSSR count). The molecule has 0 saturated carbocycles. The van der Waals surface area contributed by atoms with Crippen LogP contribution in [0, 0.1) is 14.9 Å². The summed E-state index contributed by atoms with van der Waals surface area (Å²) >= 11 is 8.66. The van der Waals surface area contributed by atoms with Crippen molar-refractivity contribution >= 4 is 46.2 Å². The minimum atomic E-state index is -0.379. The van der Waals surface area contributed by atoms with Gasteiger partial charge in [-0.3, -0.25) is 4.79 Å². The molecule has 0 bridgehead atoms. The van der Waals surface area contributed by atoms with E-state index in [1.807, 2.05) is 37.3 Å². The first-order valence-corrected chi connectivity index (χ1v) is 9.98. The molecule has 0 aliphatic rings. The maximum Gasteiger partial charge on any atom is 0.264 e. The highest BCUT2D eigenvalue weighted by Crippen LogP contribution is 2.38. The van der Waals surface area contributed by atoms with Crippen LogP contribution < -0.4 is 9.47 Å². The summed E-state index contributed by atoms with van der Waals surface area (Å²) in [6.07, 6.45) is 1.49. The van der Waals surface area contributed by atoms with Crippen molar-refractivity contribution in [2.24, 2.45) is 0 Å². The standard InChI is InChI=1S/C21H20ClIN2O3/c1-4-27-19-11-15(9-16(12-24)21(26)25(2)3)10-18(22)20(19)28-13-14-5-7-17(23)8-6-14/h5-11H,4,13H2,1-3H3/b16-9-. The molecule has 28 heavy (non-hydrogen) atoms. The Balaban J connectivity index is 2.34. The van der Waals surface area contributed by atoms with Gasteiger partial charge in [-0.25, -0.2) is 0 Å². The van der Waals surface area contributed by atoms with Crippen molar-refractivity contribution < 1.29 is 14.3 Å². The number of halogens is 2. The largest absolute Gasteiger partial charge is 0.490 e. The molecule has 0 aliphatic heterocycles. The van der Waals surface area contributed by atoms with E-state index in [1.54, 1.807) is 26.2 Å². The van der Waals surface area contributed by atoms with E-state index in [9.17, 15) is 10.1 Å². The molecule has 0 atom stereocenters. The van der Waals surface area contributed by atoms with Crippen LogP contribution in [0.3, 0.4) is 0 Å². The topological polar surface area (TPSA) is 62.6 Å². The van der Waals surface area contributed by atoms with Gasteiger partial charge in [-0.2, -0.15) is 5.26 Å². The number of likely N-dealkylation sites (N-methyl/N-ethyl adjacent to an activating group) is 1. The van der Waals surface area contributed by atoms with Crippen molar-refractivity contribution in [3.8, 4) is 17.6 Å². The van der Waals surface area contributed by atoms with Gasteiger partial charge in [0.2, 0.25) is 0 Å². The maximum atomic E-state index is 12.1. The summed E-state index contributed by atoms with van der Waals surface area (Å²) in [6.45, 7) is 2.62. The van der Waals surface area contributed by atoms with E-state index < -0.39 is 0 Å². The summed E-state index contributed by atoms with van der Waals surface area (Å²) < 4.78 is 12.7. The first kappa shape index (κ1) is 22.1. The first-order chi connectivity index (χ1) is 13.3. The molecular weight excluding hydrogens is 491 g/mol. The quantitative estimate of drug-likeness (QED) is 0.301. The van der Waals surface area contributed by atoms with Crippen molar-refractivity contribution in [2.75, 3.05) is 20.7 Å². The molecule has 7 heteroatoms. The lowest BCUT2D eigenvalue weighted by Gasteiger charge is -2.15. The summed E-state index contributed by atoms with van der Waals surface area (Å²) in [7, 11) is 3.18. The average Bonchev–Trinajstić information content (AvgIpc) is 2.66. The Kier molecular flexibility index (Phi) is 8.15. The maximum absolute atomic E-state index is 12.1. The lowest BCUT2D eigenvalue weighted by molar-refractivity contribution is -0.124. The van der Waals surface area contributed by atoms with Crippen molar-refractivity contribution in [3.63, 3.8) is 0 Å². The molecule has 0 heterocycles. The number of ether oxygens (including phenoxy) is 2. The molecule has 0 aromatic heterocycles. The first-order valence-electron chi connectivity index (χ1n) is 8.52. The zero-order valence-electron chi connectivity index (χ0n) is 15.8. The normalized spacial score (nSPS) is 10.9. The summed E-state index contributed by atoms with van der Waals surface area (Å²) in [6, 6.07) is 13.3. The van der Waals surface area contributed by atoms with Gasteiger partial charge in [0.05, 0.1) is 11.6 Å². The molecule has 0 aliphatic carbocycles.